The number of hydrogen-bond acceptors (Lipinski definition) is 5. The molecule has 0 bridgehead atoms. The van der Waals surface area contributed by atoms with Gasteiger partial charge in [0.2, 0.25) is 5.91 Å². The minimum absolute atomic E-state index is 0.160. The molecule has 188 valence electrons. The summed E-state index contributed by atoms with van der Waals surface area (Å²) in [6.07, 6.45) is 0. The molecule has 1 aliphatic heterocycles. The van der Waals surface area contributed by atoms with Gasteiger partial charge in [-0.25, -0.2) is 4.39 Å². The molecule has 1 saturated heterocycles. The van der Waals surface area contributed by atoms with Crippen LogP contribution >= 0.6 is 0 Å². The molecule has 0 saturated carbocycles. The lowest BCUT2D eigenvalue weighted by atomic mass is 10.0. The number of nitrogens with zero attached hydrogens (tertiary/aromatic N) is 2. The Morgan fingerprint density at radius 1 is 0.919 bits per heavy atom. The highest BCUT2D eigenvalue weighted by atomic mass is 19.1. The Morgan fingerprint density at radius 2 is 1.62 bits per heavy atom. The topological polar surface area (TPSA) is 82.9 Å². The monoisotopic (exact) mass is 499 g/mol. The van der Waals surface area contributed by atoms with E-state index in [9.17, 15) is 18.8 Å². The first-order valence-electron chi connectivity index (χ1n) is 12.1. The van der Waals surface area contributed by atoms with E-state index in [0.29, 0.717) is 54.1 Å². The molecule has 1 aliphatic rings. The number of fused-ring (bicyclic) bond motifs is 1. The molecular weight excluding hydrogens is 473 g/mol. The van der Waals surface area contributed by atoms with Crippen LogP contribution in [0.1, 0.15) is 15.9 Å². The average molecular weight is 500 g/mol. The fourth-order valence-electron chi connectivity index (χ4n) is 4.56. The predicted molar refractivity (Wildman–Crippen MR) is 140 cm³/mol. The predicted octanol–water partition coefficient (Wildman–Crippen LogP) is 4.30. The maximum absolute atomic E-state index is 13.5. The lowest BCUT2D eigenvalue weighted by molar-refractivity contribution is -0.117. The smallest absolute Gasteiger partial charge is 0.257 e. The van der Waals surface area contributed by atoms with Gasteiger partial charge >= 0.3 is 0 Å². The number of nitrogens with one attached hydrogen (secondary N) is 1. The van der Waals surface area contributed by atoms with Gasteiger partial charge in [-0.2, -0.15) is 0 Å². The van der Waals surface area contributed by atoms with Crippen molar-refractivity contribution in [2.24, 2.45) is 0 Å². The molecule has 2 heterocycles. The largest absolute Gasteiger partial charge is 0.455 e. The van der Waals surface area contributed by atoms with Crippen LogP contribution in [0, 0.1) is 12.7 Å². The van der Waals surface area contributed by atoms with Crippen molar-refractivity contribution in [2.75, 3.05) is 38.0 Å². The van der Waals surface area contributed by atoms with Crippen LogP contribution in [0.25, 0.3) is 22.3 Å². The molecule has 8 heteroatoms. The highest BCUT2D eigenvalue weighted by Crippen LogP contribution is 2.28. The maximum atomic E-state index is 13.5. The van der Waals surface area contributed by atoms with E-state index in [1.807, 2.05) is 35.2 Å². The minimum Gasteiger partial charge on any atom is -0.455 e. The van der Waals surface area contributed by atoms with E-state index in [4.69, 9.17) is 4.42 Å². The van der Waals surface area contributed by atoms with Crippen molar-refractivity contribution in [3.63, 3.8) is 0 Å². The van der Waals surface area contributed by atoms with Crippen molar-refractivity contribution < 1.29 is 18.4 Å². The third-order valence-electron chi connectivity index (χ3n) is 6.57. The van der Waals surface area contributed by atoms with Gasteiger partial charge in [0.1, 0.15) is 11.6 Å². The zero-order valence-corrected chi connectivity index (χ0v) is 20.4. The van der Waals surface area contributed by atoms with Gasteiger partial charge in [0, 0.05) is 43.0 Å². The molecular formula is C29H26FN3O4. The number of rotatable bonds is 5. The van der Waals surface area contributed by atoms with Gasteiger partial charge in [0.25, 0.3) is 5.91 Å². The first kappa shape index (κ1) is 24.4. The van der Waals surface area contributed by atoms with E-state index in [-0.39, 0.29) is 35.2 Å². The Kier molecular flexibility index (Phi) is 6.83. The Bertz CT molecular complexity index is 1510. The Balaban J connectivity index is 1.30. The second kappa shape index (κ2) is 10.4. The summed E-state index contributed by atoms with van der Waals surface area (Å²) in [5.74, 6) is -0.330. The molecule has 0 unspecified atom stereocenters. The fraction of sp³-hybridized carbons (Fsp3) is 0.207. The quantitative estimate of drug-likeness (QED) is 0.443. The molecule has 1 aromatic heterocycles. The lowest BCUT2D eigenvalue weighted by Gasteiger charge is -2.34. The molecule has 0 radical (unpaired) electrons. The molecule has 0 spiro atoms. The average Bonchev–Trinajstić information content (AvgIpc) is 2.92. The number of hydrogen-bond donors (Lipinski definition) is 1. The van der Waals surface area contributed by atoms with Gasteiger partial charge in [-0.15, -0.1) is 0 Å². The summed E-state index contributed by atoms with van der Waals surface area (Å²) in [7, 11) is 0. The molecule has 3 aromatic carbocycles. The molecule has 4 aromatic rings. The number of carbonyl (C=O) groups excluding carboxylic acids is 2. The summed E-state index contributed by atoms with van der Waals surface area (Å²) in [6.45, 7) is 3.80. The van der Waals surface area contributed by atoms with Crippen LogP contribution in [0.4, 0.5) is 10.1 Å². The Morgan fingerprint density at radius 3 is 2.32 bits per heavy atom. The second-order valence-electron chi connectivity index (χ2n) is 9.06. The lowest BCUT2D eigenvalue weighted by Crippen LogP contribution is -2.50. The molecule has 5 rings (SSSR count). The zero-order valence-electron chi connectivity index (χ0n) is 20.4. The summed E-state index contributed by atoms with van der Waals surface area (Å²) in [5, 5.41) is 3.13. The van der Waals surface area contributed by atoms with E-state index in [2.05, 4.69) is 5.32 Å². The van der Waals surface area contributed by atoms with Crippen LogP contribution in [-0.4, -0.2) is 54.3 Å². The number of benzene rings is 3. The van der Waals surface area contributed by atoms with Crippen molar-refractivity contribution in [3.05, 3.63) is 100.0 Å². The molecule has 0 aliphatic carbocycles. The van der Waals surface area contributed by atoms with Gasteiger partial charge in [0.15, 0.2) is 11.0 Å². The number of para-hydroxylation sites is 1. The van der Waals surface area contributed by atoms with E-state index >= 15 is 0 Å². The van der Waals surface area contributed by atoms with Gasteiger partial charge in [0.05, 0.1) is 17.5 Å². The van der Waals surface area contributed by atoms with Crippen LogP contribution < -0.4 is 10.7 Å². The van der Waals surface area contributed by atoms with Crippen molar-refractivity contribution in [1.82, 2.24) is 9.80 Å². The second-order valence-corrected chi connectivity index (χ2v) is 9.06. The fourth-order valence-corrected chi connectivity index (χ4v) is 4.56. The summed E-state index contributed by atoms with van der Waals surface area (Å²) >= 11 is 0. The highest BCUT2D eigenvalue weighted by Gasteiger charge is 2.26. The molecule has 2 amide bonds. The van der Waals surface area contributed by atoms with Gasteiger partial charge in [-0.1, -0.05) is 36.4 Å². The van der Waals surface area contributed by atoms with Crippen molar-refractivity contribution in [3.8, 4) is 11.3 Å². The van der Waals surface area contributed by atoms with E-state index in [0.717, 1.165) is 5.56 Å². The van der Waals surface area contributed by atoms with Crippen molar-refractivity contribution in [1.29, 1.82) is 0 Å². The van der Waals surface area contributed by atoms with Gasteiger partial charge in [-0.05, 0) is 43.3 Å². The SMILES string of the molecule is Cc1c(-c2ccccc2)oc2c(C(=O)N3CCN(CC(=O)Nc4ccc(F)cc4)CC3)cccc2c1=O. The maximum Gasteiger partial charge on any atom is 0.257 e. The van der Waals surface area contributed by atoms with Crippen LogP contribution in [0.3, 0.4) is 0 Å². The minimum atomic E-state index is -0.365. The number of carbonyl (C=O) groups is 2. The normalized spacial score (nSPS) is 14.1. The number of amides is 2. The third-order valence-corrected chi connectivity index (χ3v) is 6.57. The Hall–Kier alpha value is -4.30. The molecule has 0 atom stereocenters. The number of halogens is 1. The zero-order chi connectivity index (χ0) is 25.9. The van der Waals surface area contributed by atoms with Crippen molar-refractivity contribution >= 4 is 28.5 Å². The van der Waals surface area contributed by atoms with E-state index in [1.165, 1.54) is 24.3 Å². The summed E-state index contributed by atoms with van der Waals surface area (Å²) in [5.41, 5.74) is 2.26. The number of anilines is 1. The van der Waals surface area contributed by atoms with Crippen LogP contribution in [0.2, 0.25) is 0 Å². The van der Waals surface area contributed by atoms with Crippen molar-refractivity contribution in [2.45, 2.75) is 6.92 Å². The van der Waals surface area contributed by atoms with Crippen LogP contribution in [0.15, 0.2) is 82.0 Å². The van der Waals surface area contributed by atoms with Crippen LogP contribution in [0.5, 0.6) is 0 Å². The number of piperazine rings is 1. The Labute approximate surface area is 213 Å². The summed E-state index contributed by atoms with van der Waals surface area (Å²) in [4.78, 5) is 42.7. The van der Waals surface area contributed by atoms with Gasteiger partial charge < -0.3 is 14.6 Å². The van der Waals surface area contributed by atoms with Crippen LogP contribution in [-0.2, 0) is 4.79 Å². The highest BCUT2D eigenvalue weighted by molar-refractivity contribution is 6.05. The van der Waals surface area contributed by atoms with E-state index in [1.54, 1.807) is 30.0 Å². The van der Waals surface area contributed by atoms with E-state index < -0.39 is 0 Å². The first-order valence-corrected chi connectivity index (χ1v) is 12.1. The first-order chi connectivity index (χ1) is 17.9. The summed E-state index contributed by atoms with van der Waals surface area (Å²) in [6, 6.07) is 20.0. The molecule has 1 N–H and O–H groups in total. The molecule has 37 heavy (non-hydrogen) atoms. The standard InChI is InChI=1S/C29H26FN3O4/c1-19-26(35)23-8-5-9-24(28(23)37-27(19)20-6-3-2-4-7-20)29(36)33-16-14-32(15-17-33)18-25(34)31-22-12-10-21(30)11-13-22/h2-13H,14-18H2,1H3,(H,31,34). The molecule has 7 nitrogen and oxygen atoms in total. The summed E-state index contributed by atoms with van der Waals surface area (Å²) < 4.78 is 19.3. The molecule has 1 fully saturated rings. The third kappa shape index (κ3) is 5.15. The van der Waals surface area contributed by atoms with Gasteiger partial charge in [-0.3, -0.25) is 19.3 Å².